The Morgan fingerprint density at radius 3 is 2.54 bits per heavy atom. The van der Waals surface area contributed by atoms with Crippen LogP contribution in [0.2, 0.25) is 0 Å². The maximum atomic E-state index is 12.5. The molecule has 1 heterocycles. The Hall–Kier alpha value is -2.44. The van der Waals surface area contributed by atoms with Crippen LogP contribution in [-0.2, 0) is 9.05 Å². The molecule has 1 amide bonds. The third-order valence-corrected chi connectivity index (χ3v) is 5.01. The lowest BCUT2D eigenvalue weighted by molar-refractivity contribution is 0.102. The zero-order valence-corrected chi connectivity index (χ0v) is 14.2. The number of amides is 1. The van der Waals surface area contributed by atoms with Crippen molar-refractivity contribution in [3.8, 4) is 0 Å². The Labute approximate surface area is 143 Å². The number of aromatic nitrogens is 1. The smallest absolute Gasteiger partial charge is 0.261 e. The number of hydrogen-bond acceptors (Lipinski definition) is 4. The Kier molecular flexibility index (Phi) is 4.26. The van der Waals surface area contributed by atoms with Crippen molar-refractivity contribution in [1.82, 2.24) is 4.98 Å². The number of aryl methyl sites for hydroxylation is 1. The lowest BCUT2D eigenvalue weighted by atomic mass is 10.1. The van der Waals surface area contributed by atoms with E-state index in [1.165, 1.54) is 18.3 Å². The molecule has 0 saturated carbocycles. The highest BCUT2D eigenvalue weighted by Gasteiger charge is 2.18. The van der Waals surface area contributed by atoms with Crippen LogP contribution >= 0.6 is 10.7 Å². The van der Waals surface area contributed by atoms with E-state index in [0.717, 1.165) is 5.56 Å². The largest absolute Gasteiger partial charge is 0.320 e. The van der Waals surface area contributed by atoms with Crippen LogP contribution in [0, 0.1) is 6.92 Å². The summed E-state index contributed by atoms with van der Waals surface area (Å²) in [5, 5.41) is 3.14. The molecule has 0 atom stereocenters. The van der Waals surface area contributed by atoms with Gasteiger partial charge in [-0.25, -0.2) is 8.42 Å². The van der Waals surface area contributed by atoms with E-state index in [9.17, 15) is 13.2 Å². The van der Waals surface area contributed by atoms with Crippen LogP contribution in [0.25, 0.3) is 10.9 Å². The minimum Gasteiger partial charge on any atom is -0.320 e. The summed E-state index contributed by atoms with van der Waals surface area (Å²) < 4.78 is 23.4. The van der Waals surface area contributed by atoms with Gasteiger partial charge < -0.3 is 5.32 Å². The molecule has 7 heteroatoms. The molecule has 24 heavy (non-hydrogen) atoms. The van der Waals surface area contributed by atoms with Crippen LogP contribution in [0.1, 0.15) is 15.9 Å². The lowest BCUT2D eigenvalue weighted by Gasteiger charge is -2.11. The molecule has 0 aliphatic rings. The first-order valence-electron chi connectivity index (χ1n) is 7.07. The van der Waals surface area contributed by atoms with Crippen molar-refractivity contribution in [2.24, 2.45) is 0 Å². The van der Waals surface area contributed by atoms with Gasteiger partial charge in [-0.05, 0) is 42.8 Å². The number of nitrogens with zero attached hydrogens (tertiary/aromatic N) is 1. The highest BCUT2D eigenvalue weighted by atomic mass is 35.7. The fourth-order valence-corrected chi connectivity index (χ4v) is 3.54. The lowest BCUT2D eigenvalue weighted by Crippen LogP contribution is -2.14. The normalized spacial score (nSPS) is 11.4. The topological polar surface area (TPSA) is 76.1 Å². The SMILES string of the molecule is Cc1ccccc1C(=O)Nc1ccc(S(=O)(=O)Cl)c2cccnc12. The molecule has 5 nitrogen and oxygen atoms in total. The van der Waals surface area contributed by atoms with Gasteiger partial charge in [0.05, 0.1) is 16.1 Å². The Morgan fingerprint density at radius 1 is 1.08 bits per heavy atom. The molecule has 1 N–H and O–H groups in total. The van der Waals surface area contributed by atoms with E-state index >= 15 is 0 Å². The molecule has 0 unspecified atom stereocenters. The number of halogens is 1. The van der Waals surface area contributed by atoms with Crippen molar-refractivity contribution in [2.75, 3.05) is 5.32 Å². The first-order valence-corrected chi connectivity index (χ1v) is 9.38. The van der Waals surface area contributed by atoms with Gasteiger partial charge in [0.15, 0.2) is 0 Å². The van der Waals surface area contributed by atoms with E-state index in [0.29, 0.717) is 22.2 Å². The maximum absolute atomic E-state index is 12.5. The molecule has 0 radical (unpaired) electrons. The summed E-state index contributed by atoms with van der Waals surface area (Å²) in [5.41, 5.74) is 2.16. The van der Waals surface area contributed by atoms with Gasteiger partial charge in [0, 0.05) is 27.8 Å². The predicted molar refractivity (Wildman–Crippen MR) is 93.9 cm³/mol. The Bertz CT molecular complexity index is 1050. The van der Waals surface area contributed by atoms with E-state index in [1.54, 1.807) is 24.3 Å². The molecule has 1 aromatic heterocycles. The summed E-state index contributed by atoms with van der Waals surface area (Å²) in [6.45, 7) is 1.84. The number of rotatable bonds is 3. The van der Waals surface area contributed by atoms with Crippen molar-refractivity contribution in [1.29, 1.82) is 0 Å². The predicted octanol–water partition coefficient (Wildman–Crippen LogP) is 3.72. The first kappa shape index (κ1) is 16.4. The number of carbonyl (C=O) groups excluding carboxylic acids is 1. The van der Waals surface area contributed by atoms with Gasteiger partial charge in [-0.3, -0.25) is 9.78 Å². The fraction of sp³-hybridized carbons (Fsp3) is 0.0588. The molecule has 0 aliphatic carbocycles. The van der Waals surface area contributed by atoms with Crippen molar-refractivity contribution in [3.05, 3.63) is 65.9 Å². The number of pyridine rings is 1. The number of benzene rings is 2. The molecule has 0 bridgehead atoms. The summed E-state index contributed by atoms with van der Waals surface area (Å²) in [6.07, 6.45) is 1.52. The van der Waals surface area contributed by atoms with Crippen LogP contribution < -0.4 is 5.32 Å². The van der Waals surface area contributed by atoms with E-state index in [4.69, 9.17) is 10.7 Å². The summed E-state index contributed by atoms with van der Waals surface area (Å²) in [6, 6.07) is 13.2. The third-order valence-electron chi connectivity index (χ3n) is 3.63. The van der Waals surface area contributed by atoms with Crippen LogP contribution in [0.4, 0.5) is 5.69 Å². The highest BCUT2D eigenvalue weighted by Crippen LogP contribution is 2.30. The van der Waals surface area contributed by atoms with Gasteiger partial charge in [0.25, 0.3) is 15.0 Å². The minimum atomic E-state index is -3.91. The molecule has 0 spiro atoms. The van der Waals surface area contributed by atoms with Gasteiger partial charge >= 0.3 is 0 Å². The maximum Gasteiger partial charge on any atom is 0.261 e. The number of nitrogens with one attached hydrogen (secondary N) is 1. The molecule has 3 rings (SSSR count). The second kappa shape index (κ2) is 6.22. The van der Waals surface area contributed by atoms with Gasteiger partial charge in [-0.1, -0.05) is 18.2 Å². The first-order chi connectivity index (χ1) is 11.4. The summed E-state index contributed by atoms with van der Waals surface area (Å²) in [7, 11) is 1.56. The van der Waals surface area contributed by atoms with E-state index in [1.807, 2.05) is 19.1 Å². The molecule has 0 aliphatic heterocycles. The highest BCUT2D eigenvalue weighted by molar-refractivity contribution is 8.14. The van der Waals surface area contributed by atoms with E-state index < -0.39 is 9.05 Å². The molecule has 0 saturated heterocycles. The third kappa shape index (κ3) is 3.11. The zero-order valence-electron chi connectivity index (χ0n) is 12.7. The van der Waals surface area contributed by atoms with E-state index in [-0.39, 0.29) is 10.8 Å². The van der Waals surface area contributed by atoms with Crippen LogP contribution in [0.5, 0.6) is 0 Å². The van der Waals surface area contributed by atoms with Crippen molar-refractivity contribution < 1.29 is 13.2 Å². The summed E-state index contributed by atoms with van der Waals surface area (Å²) in [4.78, 5) is 16.6. The summed E-state index contributed by atoms with van der Waals surface area (Å²) >= 11 is 0. The van der Waals surface area contributed by atoms with Crippen molar-refractivity contribution >= 4 is 42.2 Å². The van der Waals surface area contributed by atoms with E-state index in [2.05, 4.69) is 10.3 Å². The Balaban J connectivity index is 2.09. The zero-order chi connectivity index (χ0) is 17.3. The van der Waals surface area contributed by atoms with Crippen molar-refractivity contribution in [3.63, 3.8) is 0 Å². The number of fused-ring (bicyclic) bond motifs is 1. The molecular weight excluding hydrogens is 348 g/mol. The van der Waals surface area contributed by atoms with Crippen LogP contribution in [0.3, 0.4) is 0 Å². The molecule has 0 fully saturated rings. The quantitative estimate of drug-likeness (QED) is 0.722. The molecule has 2 aromatic carbocycles. The fourth-order valence-electron chi connectivity index (χ4n) is 2.48. The second-order valence-electron chi connectivity index (χ2n) is 5.22. The van der Waals surface area contributed by atoms with Gasteiger partial charge in [-0.2, -0.15) is 0 Å². The molecule has 3 aromatic rings. The summed E-state index contributed by atoms with van der Waals surface area (Å²) in [5.74, 6) is -0.290. The molecule has 122 valence electrons. The van der Waals surface area contributed by atoms with Gasteiger partial charge in [0.1, 0.15) is 0 Å². The molecular formula is C17H13ClN2O3S. The van der Waals surface area contributed by atoms with Crippen molar-refractivity contribution in [2.45, 2.75) is 11.8 Å². The van der Waals surface area contributed by atoms with Crippen LogP contribution in [0.15, 0.2) is 59.6 Å². The Morgan fingerprint density at radius 2 is 1.83 bits per heavy atom. The minimum absolute atomic E-state index is 0.0406. The van der Waals surface area contributed by atoms with Gasteiger partial charge in [0.2, 0.25) is 0 Å². The van der Waals surface area contributed by atoms with Gasteiger partial charge in [-0.15, -0.1) is 0 Å². The number of hydrogen-bond donors (Lipinski definition) is 1. The average molecular weight is 361 g/mol. The second-order valence-corrected chi connectivity index (χ2v) is 7.75. The number of anilines is 1. The van der Waals surface area contributed by atoms with Crippen LogP contribution in [-0.4, -0.2) is 19.3 Å². The monoisotopic (exact) mass is 360 g/mol. The number of carbonyl (C=O) groups is 1. The standard InChI is InChI=1S/C17H13ClN2O3S/c1-11-5-2-3-6-12(11)17(21)20-14-8-9-15(24(18,22)23)13-7-4-10-19-16(13)14/h2-10H,1H3,(H,20,21). The average Bonchev–Trinajstić information content (AvgIpc) is 2.54.